The first-order chi connectivity index (χ1) is 7.40. The monoisotopic (exact) mass is 198 g/mol. The highest BCUT2D eigenvalue weighted by molar-refractivity contribution is 5.58. The lowest BCUT2D eigenvalue weighted by molar-refractivity contribution is 0.565. The lowest BCUT2D eigenvalue weighted by Gasteiger charge is -1.98. The fourth-order valence-corrected chi connectivity index (χ4v) is 1.13. The summed E-state index contributed by atoms with van der Waals surface area (Å²) in [5.74, 6) is 0.0198. The Bertz CT molecular complexity index is 506. The molecule has 1 aromatic heterocycles. The van der Waals surface area contributed by atoms with Crippen molar-refractivity contribution < 1.29 is 4.79 Å². The maximum atomic E-state index is 10.0. The molecule has 0 aliphatic carbocycles. The molecule has 0 atom stereocenters. The minimum Gasteiger partial charge on any atom is -0.211 e. The number of aliphatic imine (C=N–C) groups is 1. The summed E-state index contributed by atoms with van der Waals surface area (Å²) in [6.07, 6.45) is 2.89. The number of hydrogen-bond donors (Lipinski definition) is 0. The van der Waals surface area contributed by atoms with Gasteiger partial charge < -0.3 is 0 Å². The van der Waals surface area contributed by atoms with Crippen LogP contribution in [0.15, 0.2) is 41.5 Å². The molecule has 5 nitrogen and oxygen atoms in total. The molecule has 0 fully saturated rings. The molecular formula is C10H6N4O. The van der Waals surface area contributed by atoms with Crippen LogP contribution in [0.3, 0.4) is 0 Å². The summed E-state index contributed by atoms with van der Waals surface area (Å²) in [5.41, 5.74) is 1.52. The molecule has 0 radical (unpaired) electrons. The minimum absolute atomic E-state index is 0.0198. The van der Waals surface area contributed by atoms with Gasteiger partial charge in [-0.1, -0.05) is 30.3 Å². The topological polar surface area (TPSA) is 68.1 Å². The highest BCUT2D eigenvalue weighted by Gasteiger charge is 2.00. The summed E-state index contributed by atoms with van der Waals surface area (Å²) in [4.78, 5) is 17.4. The standard InChI is InChI=1S/C10H6N4O/c15-7-11-10-13-9(6-12-14-10)8-4-2-1-3-5-8/h1-6H. The largest absolute Gasteiger partial charge is 0.280 e. The van der Waals surface area contributed by atoms with Gasteiger partial charge in [-0.05, 0) is 0 Å². The number of isocyanates is 1. The van der Waals surface area contributed by atoms with Gasteiger partial charge in [0.1, 0.15) is 0 Å². The highest BCUT2D eigenvalue weighted by Crippen LogP contribution is 2.16. The lowest BCUT2D eigenvalue weighted by atomic mass is 10.2. The molecule has 1 heterocycles. The Morgan fingerprint density at radius 1 is 1.20 bits per heavy atom. The number of aromatic nitrogens is 3. The summed E-state index contributed by atoms with van der Waals surface area (Å²) in [6.45, 7) is 0. The van der Waals surface area contributed by atoms with Gasteiger partial charge >= 0.3 is 0 Å². The van der Waals surface area contributed by atoms with Gasteiger partial charge in [0.25, 0.3) is 5.95 Å². The summed E-state index contributed by atoms with van der Waals surface area (Å²) < 4.78 is 0. The third kappa shape index (κ3) is 2.10. The van der Waals surface area contributed by atoms with Crippen molar-refractivity contribution in [3.05, 3.63) is 36.5 Å². The second-order valence-corrected chi connectivity index (χ2v) is 2.71. The molecule has 0 unspecified atom stereocenters. The maximum absolute atomic E-state index is 10.0. The van der Waals surface area contributed by atoms with E-state index in [0.29, 0.717) is 5.69 Å². The van der Waals surface area contributed by atoms with Crippen LogP contribution in [0.5, 0.6) is 0 Å². The Kier molecular flexibility index (Phi) is 2.58. The number of benzene rings is 1. The van der Waals surface area contributed by atoms with Crippen LogP contribution < -0.4 is 0 Å². The molecule has 72 valence electrons. The Hall–Kier alpha value is -2.39. The molecule has 15 heavy (non-hydrogen) atoms. The molecule has 0 spiro atoms. The normalized spacial score (nSPS) is 9.33. The summed E-state index contributed by atoms with van der Waals surface area (Å²) in [6, 6.07) is 9.46. The highest BCUT2D eigenvalue weighted by atomic mass is 16.1. The van der Waals surface area contributed by atoms with Gasteiger partial charge in [0, 0.05) is 5.56 Å². The first-order valence-corrected chi connectivity index (χ1v) is 4.23. The van der Waals surface area contributed by atoms with Gasteiger partial charge in [-0.3, -0.25) is 0 Å². The van der Waals surface area contributed by atoms with Gasteiger partial charge in [0.2, 0.25) is 6.08 Å². The van der Waals surface area contributed by atoms with Gasteiger partial charge in [-0.25, -0.2) is 9.78 Å². The fraction of sp³-hybridized carbons (Fsp3) is 0. The van der Waals surface area contributed by atoms with E-state index in [-0.39, 0.29) is 5.95 Å². The maximum Gasteiger partial charge on any atom is 0.280 e. The van der Waals surface area contributed by atoms with E-state index in [1.54, 1.807) is 0 Å². The summed E-state index contributed by atoms with van der Waals surface area (Å²) in [5, 5.41) is 7.26. The number of hydrogen-bond acceptors (Lipinski definition) is 5. The Morgan fingerprint density at radius 2 is 2.00 bits per heavy atom. The molecule has 0 saturated carbocycles. The van der Waals surface area contributed by atoms with E-state index in [2.05, 4.69) is 20.2 Å². The van der Waals surface area contributed by atoms with E-state index >= 15 is 0 Å². The number of nitrogens with zero attached hydrogens (tertiary/aromatic N) is 4. The van der Waals surface area contributed by atoms with Crippen LogP contribution in [0.1, 0.15) is 0 Å². The zero-order valence-electron chi connectivity index (χ0n) is 7.66. The van der Waals surface area contributed by atoms with E-state index in [9.17, 15) is 4.79 Å². The van der Waals surface area contributed by atoms with Crippen LogP contribution in [-0.4, -0.2) is 21.3 Å². The fourth-order valence-electron chi connectivity index (χ4n) is 1.13. The third-order valence-corrected chi connectivity index (χ3v) is 1.76. The molecule has 0 aliphatic rings. The number of rotatable bonds is 2. The van der Waals surface area contributed by atoms with Crippen LogP contribution >= 0.6 is 0 Å². The molecular weight excluding hydrogens is 192 g/mol. The van der Waals surface area contributed by atoms with Crippen LogP contribution in [0, 0.1) is 0 Å². The van der Waals surface area contributed by atoms with E-state index in [1.165, 1.54) is 12.3 Å². The van der Waals surface area contributed by atoms with Crippen LogP contribution in [0.4, 0.5) is 5.95 Å². The van der Waals surface area contributed by atoms with Gasteiger partial charge in [0.05, 0.1) is 11.9 Å². The van der Waals surface area contributed by atoms with E-state index < -0.39 is 0 Å². The van der Waals surface area contributed by atoms with Crippen molar-refractivity contribution in [3.63, 3.8) is 0 Å². The first-order valence-electron chi connectivity index (χ1n) is 4.23. The smallest absolute Gasteiger partial charge is 0.211 e. The lowest BCUT2D eigenvalue weighted by Crippen LogP contribution is -1.89. The average Bonchev–Trinajstić information content (AvgIpc) is 2.31. The average molecular weight is 198 g/mol. The quantitative estimate of drug-likeness (QED) is 0.541. The van der Waals surface area contributed by atoms with E-state index in [0.717, 1.165) is 5.56 Å². The van der Waals surface area contributed by atoms with Crippen LogP contribution in [-0.2, 0) is 4.79 Å². The molecule has 1 aromatic carbocycles. The second kappa shape index (κ2) is 4.21. The minimum atomic E-state index is 0.0198. The zero-order chi connectivity index (χ0) is 10.5. The van der Waals surface area contributed by atoms with E-state index in [4.69, 9.17) is 0 Å². The van der Waals surface area contributed by atoms with Crippen molar-refractivity contribution in [3.8, 4) is 11.3 Å². The molecule has 0 amide bonds. The first kappa shape index (κ1) is 9.18. The Labute approximate surface area is 85.5 Å². The zero-order valence-corrected chi connectivity index (χ0v) is 7.66. The van der Waals surface area contributed by atoms with E-state index in [1.807, 2.05) is 30.3 Å². The van der Waals surface area contributed by atoms with Crippen molar-refractivity contribution in [2.75, 3.05) is 0 Å². The molecule has 2 aromatic rings. The second-order valence-electron chi connectivity index (χ2n) is 2.71. The molecule has 0 aliphatic heterocycles. The third-order valence-electron chi connectivity index (χ3n) is 1.76. The van der Waals surface area contributed by atoms with Crippen molar-refractivity contribution in [1.82, 2.24) is 15.2 Å². The summed E-state index contributed by atoms with van der Waals surface area (Å²) in [7, 11) is 0. The Balaban J connectivity index is 2.46. The van der Waals surface area contributed by atoms with Crippen LogP contribution in [0.2, 0.25) is 0 Å². The van der Waals surface area contributed by atoms with Gasteiger partial charge in [-0.2, -0.15) is 5.10 Å². The van der Waals surface area contributed by atoms with Gasteiger partial charge in [-0.15, -0.1) is 10.1 Å². The predicted molar refractivity (Wildman–Crippen MR) is 53.0 cm³/mol. The van der Waals surface area contributed by atoms with Crippen molar-refractivity contribution in [2.24, 2.45) is 4.99 Å². The molecule has 0 N–H and O–H groups in total. The SMILES string of the molecule is O=C=Nc1nncc(-c2ccccc2)n1. The summed E-state index contributed by atoms with van der Waals surface area (Å²) >= 11 is 0. The predicted octanol–water partition coefficient (Wildman–Crippen LogP) is 1.51. The van der Waals surface area contributed by atoms with Crippen molar-refractivity contribution in [1.29, 1.82) is 0 Å². The molecule has 5 heteroatoms. The van der Waals surface area contributed by atoms with Crippen molar-refractivity contribution >= 4 is 12.0 Å². The van der Waals surface area contributed by atoms with Gasteiger partial charge in [0.15, 0.2) is 0 Å². The number of carbonyl (C=O) groups excluding carboxylic acids is 1. The van der Waals surface area contributed by atoms with Crippen molar-refractivity contribution in [2.45, 2.75) is 0 Å². The molecule has 0 bridgehead atoms. The molecule has 0 saturated heterocycles. The molecule has 2 rings (SSSR count). The Morgan fingerprint density at radius 3 is 2.73 bits per heavy atom. The van der Waals surface area contributed by atoms with Crippen LogP contribution in [0.25, 0.3) is 11.3 Å².